The molecule has 1 atom stereocenters. The molecule has 0 saturated carbocycles. The molecule has 1 amide bonds. The Hall–Kier alpha value is -3.91. The molecule has 0 aliphatic rings. The van der Waals surface area contributed by atoms with Crippen LogP contribution in [0.4, 0.5) is 5.82 Å². The summed E-state index contributed by atoms with van der Waals surface area (Å²) in [6, 6.07) is 15.3. The van der Waals surface area contributed by atoms with Crippen molar-refractivity contribution in [2.75, 3.05) is 11.8 Å². The molecule has 0 radical (unpaired) electrons. The standard InChI is InChI=1S/C26H26ClN7O4S2/c1-38-21-7-3-6-20-24(21)25(33-40(36,37)23-9-8-22(27)39-23)32-34(20)14-17-5-2-4-16(10-17)12-30-26(35)19(28)11-18-13-29-15-31-18/h2-10,13,15,19H,11-12,14,28H2,1H3,(H,29,31)(H,30,35)(H,32,33)/t19-/m0/s1. The van der Waals surface area contributed by atoms with Crippen LogP contribution in [0, 0.1) is 0 Å². The Morgan fingerprint density at radius 3 is 2.73 bits per heavy atom. The maximum absolute atomic E-state index is 13.0. The fourth-order valence-corrected chi connectivity index (χ4v) is 6.73. The number of nitrogens with one attached hydrogen (secondary N) is 3. The highest BCUT2D eigenvalue weighted by Gasteiger charge is 2.23. The summed E-state index contributed by atoms with van der Waals surface area (Å²) in [5, 5.41) is 8.00. The van der Waals surface area contributed by atoms with E-state index in [9.17, 15) is 13.2 Å². The summed E-state index contributed by atoms with van der Waals surface area (Å²) in [5.41, 5.74) is 9.28. The molecule has 0 aliphatic carbocycles. The van der Waals surface area contributed by atoms with E-state index in [-0.39, 0.29) is 15.9 Å². The number of nitrogens with two attached hydrogens (primary N) is 1. The van der Waals surface area contributed by atoms with Gasteiger partial charge in [0.1, 0.15) is 9.96 Å². The number of rotatable bonds is 11. The van der Waals surface area contributed by atoms with Crippen molar-refractivity contribution in [3.8, 4) is 5.75 Å². The second-order valence-corrected chi connectivity index (χ2v) is 12.6. The number of benzene rings is 2. The van der Waals surface area contributed by atoms with Gasteiger partial charge in [-0.1, -0.05) is 41.9 Å². The zero-order valence-corrected chi connectivity index (χ0v) is 23.7. The average molecular weight is 600 g/mol. The van der Waals surface area contributed by atoms with Crippen molar-refractivity contribution in [1.29, 1.82) is 0 Å². The summed E-state index contributed by atoms with van der Waals surface area (Å²) in [4.78, 5) is 19.4. The number of thiophene rings is 1. The summed E-state index contributed by atoms with van der Waals surface area (Å²) >= 11 is 6.91. The third kappa shape index (κ3) is 6.12. The van der Waals surface area contributed by atoms with Crippen molar-refractivity contribution in [3.63, 3.8) is 0 Å². The van der Waals surface area contributed by atoms with Crippen LogP contribution in [0.2, 0.25) is 4.34 Å². The number of anilines is 1. The Morgan fingerprint density at radius 1 is 1.20 bits per heavy atom. The van der Waals surface area contributed by atoms with Gasteiger partial charge >= 0.3 is 0 Å². The number of H-pyrrole nitrogens is 1. The fourth-order valence-electron chi connectivity index (χ4n) is 4.24. The molecular weight excluding hydrogens is 574 g/mol. The lowest BCUT2D eigenvalue weighted by atomic mass is 10.1. The molecule has 0 aliphatic heterocycles. The number of imidazole rings is 1. The van der Waals surface area contributed by atoms with E-state index in [4.69, 9.17) is 22.1 Å². The number of ether oxygens (including phenoxy) is 1. The maximum Gasteiger partial charge on any atom is 0.272 e. The van der Waals surface area contributed by atoms with Crippen molar-refractivity contribution >= 4 is 55.6 Å². The topological polar surface area (TPSA) is 157 Å². The van der Waals surface area contributed by atoms with E-state index in [0.717, 1.165) is 28.2 Å². The molecular formula is C26H26ClN7O4S2. The highest BCUT2D eigenvalue weighted by Crippen LogP contribution is 2.35. The molecule has 0 fully saturated rings. The van der Waals surface area contributed by atoms with E-state index in [1.54, 1.807) is 23.3 Å². The third-order valence-corrected chi connectivity index (χ3v) is 9.19. The molecule has 11 nitrogen and oxygen atoms in total. The molecule has 0 saturated heterocycles. The Morgan fingerprint density at radius 2 is 2.00 bits per heavy atom. The van der Waals surface area contributed by atoms with Crippen LogP contribution >= 0.6 is 22.9 Å². The highest BCUT2D eigenvalue weighted by atomic mass is 35.5. The number of halogens is 1. The normalized spacial score (nSPS) is 12.4. The minimum absolute atomic E-state index is 0.0779. The largest absolute Gasteiger partial charge is 0.496 e. The van der Waals surface area contributed by atoms with Crippen LogP contribution in [-0.4, -0.2) is 47.2 Å². The molecule has 3 aromatic heterocycles. The molecule has 2 aromatic carbocycles. The van der Waals surface area contributed by atoms with Crippen LogP contribution < -0.4 is 20.5 Å². The number of sulfonamides is 1. The molecule has 208 valence electrons. The second-order valence-electron chi connectivity index (χ2n) is 8.95. The summed E-state index contributed by atoms with van der Waals surface area (Å²) in [5.74, 6) is 0.356. The molecule has 40 heavy (non-hydrogen) atoms. The van der Waals surface area contributed by atoms with Crippen molar-refractivity contribution in [2.24, 2.45) is 5.73 Å². The number of fused-ring (bicyclic) bond motifs is 1. The van der Waals surface area contributed by atoms with Gasteiger partial charge < -0.3 is 20.8 Å². The van der Waals surface area contributed by atoms with Crippen LogP contribution in [0.15, 0.2) is 71.3 Å². The first-order chi connectivity index (χ1) is 19.2. The Balaban J connectivity index is 1.35. The molecule has 5 rings (SSSR count). The molecule has 5 aromatic rings. The van der Waals surface area contributed by atoms with Crippen LogP contribution in [0.3, 0.4) is 0 Å². The van der Waals surface area contributed by atoms with Crippen LogP contribution in [-0.2, 0) is 34.3 Å². The van der Waals surface area contributed by atoms with Gasteiger partial charge in [0.05, 0.1) is 41.3 Å². The average Bonchev–Trinajstić information content (AvgIpc) is 3.69. The number of aromatic nitrogens is 4. The van der Waals surface area contributed by atoms with Crippen LogP contribution in [0.25, 0.3) is 10.9 Å². The summed E-state index contributed by atoms with van der Waals surface area (Å²) in [7, 11) is -2.40. The van der Waals surface area contributed by atoms with Gasteiger partial charge in [-0.3, -0.25) is 14.2 Å². The number of carbonyl (C=O) groups excluding carboxylic acids is 1. The smallest absolute Gasteiger partial charge is 0.272 e. The zero-order chi connectivity index (χ0) is 28.3. The summed E-state index contributed by atoms with van der Waals surface area (Å²) in [6.07, 6.45) is 3.54. The first kappa shape index (κ1) is 27.6. The van der Waals surface area contributed by atoms with E-state index in [1.807, 2.05) is 36.4 Å². The lowest BCUT2D eigenvalue weighted by Crippen LogP contribution is -2.41. The predicted molar refractivity (Wildman–Crippen MR) is 154 cm³/mol. The van der Waals surface area contributed by atoms with Gasteiger partial charge in [0, 0.05) is 24.9 Å². The fraction of sp³-hybridized carbons (Fsp3) is 0.192. The Kier molecular flexibility index (Phi) is 8.07. The SMILES string of the molecule is COc1cccc2c1c(NS(=O)(=O)c1ccc(Cl)s1)nn2Cc1cccc(CNC(=O)[C@@H](N)Cc2cnc[nH]2)c1. The first-order valence-corrected chi connectivity index (χ1v) is 14.8. The summed E-state index contributed by atoms with van der Waals surface area (Å²) < 4.78 is 36.3. The van der Waals surface area contributed by atoms with E-state index >= 15 is 0 Å². The van der Waals surface area contributed by atoms with Crippen LogP contribution in [0.5, 0.6) is 5.75 Å². The molecule has 0 unspecified atom stereocenters. The Bertz CT molecular complexity index is 1750. The van der Waals surface area contributed by atoms with E-state index in [0.29, 0.717) is 40.5 Å². The van der Waals surface area contributed by atoms with E-state index in [1.165, 1.54) is 19.2 Å². The maximum atomic E-state index is 13.0. The monoisotopic (exact) mass is 599 g/mol. The predicted octanol–water partition coefficient (Wildman–Crippen LogP) is 3.52. The lowest BCUT2D eigenvalue weighted by Gasteiger charge is -2.12. The van der Waals surface area contributed by atoms with Crippen LogP contribution in [0.1, 0.15) is 16.8 Å². The lowest BCUT2D eigenvalue weighted by molar-refractivity contribution is -0.122. The molecule has 5 N–H and O–H groups in total. The van der Waals surface area contributed by atoms with Gasteiger partial charge in [-0.05, 0) is 35.4 Å². The highest BCUT2D eigenvalue weighted by molar-refractivity contribution is 7.94. The van der Waals surface area contributed by atoms with E-state index in [2.05, 4.69) is 25.1 Å². The number of hydrogen-bond acceptors (Lipinski definition) is 8. The number of amides is 1. The molecule has 3 heterocycles. The van der Waals surface area contributed by atoms with Crippen molar-refractivity contribution in [2.45, 2.75) is 29.8 Å². The number of methoxy groups -OCH3 is 1. The second kappa shape index (κ2) is 11.7. The van der Waals surface area contributed by atoms with Gasteiger partial charge in [0.25, 0.3) is 10.0 Å². The first-order valence-electron chi connectivity index (χ1n) is 12.1. The van der Waals surface area contributed by atoms with Crippen molar-refractivity contribution in [3.05, 3.63) is 88.3 Å². The van der Waals surface area contributed by atoms with E-state index < -0.39 is 16.1 Å². The van der Waals surface area contributed by atoms with Gasteiger partial charge in [-0.25, -0.2) is 13.4 Å². The zero-order valence-electron chi connectivity index (χ0n) is 21.3. The number of aromatic amines is 1. The minimum atomic E-state index is -3.92. The molecule has 0 bridgehead atoms. The molecule has 0 spiro atoms. The minimum Gasteiger partial charge on any atom is -0.496 e. The summed E-state index contributed by atoms with van der Waals surface area (Å²) in [6.45, 7) is 0.642. The number of nitrogens with zero attached hydrogens (tertiary/aromatic N) is 3. The third-order valence-electron chi connectivity index (χ3n) is 6.13. The van der Waals surface area contributed by atoms with Gasteiger partial charge in [0.2, 0.25) is 5.91 Å². The number of carbonyl (C=O) groups is 1. The quantitative estimate of drug-likeness (QED) is 0.181. The van der Waals surface area contributed by atoms with Crippen molar-refractivity contribution in [1.82, 2.24) is 25.1 Å². The Labute approximate surface area is 239 Å². The number of hydrogen-bond donors (Lipinski definition) is 4. The van der Waals surface area contributed by atoms with Gasteiger partial charge in [-0.2, -0.15) is 5.10 Å². The van der Waals surface area contributed by atoms with Gasteiger partial charge in [0.15, 0.2) is 5.82 Å². The van der Waals surface area contributed by atoms with Gasteiger partial charge in [-0.15, -0.1) is 11.3 Å². The van der Waals surface area contributed by atoms with Crippen molar-refractivity contribution < 1.29 is 17.9 Å². The molecule has 14 heteroatoms.